The zero-order chi connectivity index (χ0) is 13.6. The fourth-order valence-corrected chi connectivity index (χ4v) is 2.87. The third-order valence-corrected chi connectivity index (χ3v) is 4.46. The molecule has 1 aromatic rings. The summed E-state index contributed by atoms with van der Waals surface area (Å²) in [4.78, 5) is 0. The summed E-state index contributed by atoms with van der Waals surface area (Å²) in [7, 11) is -3.04. The number of hydrogen-bond donors (Lipinski definition) is 1. The van der Waals surface area contributed by atoms with Crippen molar-refractivity contribution in [2.75, 3.05) is 18.1 Å². The predicted octanol–water partition coefficient (Wildman–Crippen LogP) is 2.04. The van der Waals surface area contributed by atoms with Crippen molar-refractivity contribution in [3.63, 3.8) is 0 Å². The highest BCUT2D eigenvalue weighted by atomic mass is 35.5. The zero-order valence-electron chi connectivity index (χ0n) is 10.2. The van der Waals surface area contributed by atoms with Crippen molar-refractivity contribution in [3.05, 3.63) is 28.8 Å². The molecule has 1 N–H and O–H groups in total. The van der Waals surface area contributed by atoms with E-state index in [1.165, 1.54) is 0 Å². The molecule has 0 saturated carbocycles. The Hall–Kier alpha value is -0.780. The molecule has 0 aliphatic rings. The van der Waals surface area contributed by atoms with Gasteiger partial charge in [0.25, 0.3) is 0 Å². The standard InChI is InChI=1S/C12H17ClO4S/c1-2-6-18(15,16)7-5-17-12-4-3-10(9-14)8-11(12)13/h3-4,8,14H,2,5-7,9H2,1H3. The van der Waals surface area contributed by atoms with Gasteiger partial charge in [-0.15, -0.1) is 0 Å². The number of halogens is 1. The second-order valence-electron chi connectivity index (χ2n) is 3.92. The average Bonchev–Trinajstić information content (AvgIpc) is 2.31. The molecule has 0 unspecified atom stereocenters. The van der Waals surface area contributed by atoms with E-state index < -0.39 is 9.84 Å². The van der Waals surface area contributed by atoms with Gasteiger partial charge in [0.2, 0.25) is 0 Å². The third kappa shape index (κ3) is 4.84. The lowest BCUT2D eigenvalue weighted by molar-refractivity contribution is 0.281. The van der Waals surface area contributed by atoms with Crippen LogP contribution in [0.4, 0.5) is 0 Å². The first-order valence-corrected chi connectivity index (χ1v) is 7.91. The van der Waals surface area contributed by atoms with E-state index in [0.717, 1.165) is 0 Å². The topological polar surface area (TPSA) is 63.6 Å². The molecule has 102 valence electrons. The Morgan fingerprint density at radius 3 is 2.61 bits per heavy atom. The number of benzene rings is 1. The van der Waals surface area contributed by atoms with E-state index in [1.807, 2.05) is 6.92 Å². The maximum absolute atomic E-state index is 11.5. The van der Waals surface area contributed by atoms with Gasteiger partial charge in [-0.2, -0.15) is 0 Å². The van der Waals surface area contributed by atoms with Gasteiger partial charge in [-0.05, 0) is 24.1 Å². The van der Waals surface area contributed by atoms with Crippen LogP contribution in [0.1, 0.15) is 18.9 Å². The van der Waals surface area contributed by atoms with Gasteiger partial charge in [-0.3, -0.25) is 0 Å². The highest BCUT2D eigenvalue weighted by molar-refractivity contribution is 7.91. The lowest BCUT2D eigenvalue weighted by atomic mass is 10.2. The van der Waals surface area contributed by atoms with Crippen LogP contribution in [-0.2, 0) is 16.4 Å². The largest absolute Gasteiger partial charge is 0.491 e. The molecule has 18 heavy (non-hydrogen) atoms. The molecule has 0 saturated heterocycles. The van der Waals surface area contributed by atoms with Crippen LogP contribution in [-0.4, -0.2) is 31.6 Å². The van der Waals surface area contributed by atoms with Crippen LogP contribution in [0.15, 0.2) is 18.2 Å². The van der Waals surface area contributed by atoms with Crippen molar-refractivity contribution >= 4 is 21.4 Å². The van der Waals surface area contributed by atoms with Gasteiger partial charge in [0, 0.05) is 0 Å². The highest BCUT2D eigenvalue weighted by Gasteiger charge is 2.10. The van der Waals surface area contributed by atoms with Crippen molar-refractivity contribution in [1.82, 2.24) is 0 Å². The van der Waals surface area contributed by atoms with Crippen molar-refractivity contribution < 1.29 is 18.3 Å². The fourth-order valence-electron chi connectivity index (χ4n) is 1.45. The van der Waals surface area contributed by atoms with E-state index in [2.05, 4.69) is 0 Å². The van der Waals surface area contributed by atoms with E-state index in [-0.39, 0.29) is 24.7 Å². The Balaban J connectivity index is 2.54. The maximum atomic E-state index is 11.5. The number of ether oxygens (including phenoxy) is 1. The van der Waals surface area contributed by atoms with Gasteiger partial charge in [0.15, 0.2) is 9.84 Å². The SMILES string of the molecule is CCCS(=O)(=O)CCOc1ccc(CO)cc1Cl. The van der Waals surface area contributed by atoms with Crippen molar-refractivity contribution in [1.29, 1.82) is 0 Å². The monoisotopic (exact) mass is 292 g/mol. The van der Waals surface area contributed by atoms with Crippen molar-refractivity contribution in [2.24, 2.45) is 0 Å². The molecule has 0 spiro atoms. The molecule has 0 aliphatic carbocycles. The van der Waals surface area contributed by atoms with E-state index in [0.29, 0.717) is 22.8 Å². The van der Waals surface area contributed by atoms with Crippen LogP contribution < -0.4 is 4.74 Å². The summed E-state index contributed by atoms with van der Waals surface area (Å²) in [5.41, 5.74) is 0.686. The molecule has 0 heterocycles. The summed E-state index contributed by atoms with van der Waals surface area (Å²) in [5, 5.41) is 9.29. The summed E-state index contributed by atoms with van der Waals surface area (Å²) in [6, 6.07) is 4.90. The van der Waals surface area contributed by atoms with Gasteiger partial charge in [-0.1, -0.05) is 24.6 Å². The number of sulfone groups is 1. The van der Waals surface area contributed by atoms with E-state index in [9.17, 15) is 8.42 Å². The molecule has 1 rings (SSSR count). The summed E-state index contributed by atoms with van der Waals surface area (Å²) in [6.07, 6.45) is 0.605. The molecule has 0 atom stereocenters. The molecular formula is C12H17ClO4S. The Labute approximate surface area is 112 Å². The Bertz CT molecular complexity index is 485. The van der Waals surface area contributed by atoms with Gasteiger partial charge in [0.1, 0.15) is 12.4 Å². The van der Waals surface area contributed by atoms with Crippen molar-refractivity contribution in [3.8, 4) is 5.75 Å². The molecular weight excluding hydrogens is 276 g/mol. The van der Waals surface area contributed by atoms with Crippen LogP contribution in [0.3, 0.4) is 0 Å². The van der Waals surface area contributed by atoms with Crippen LogP contribution in [0.2, 0.25) is 5.02 Å². The smallest absolute Gasteiger partial charge is 0.153 e. The number of rotatable bonds is 7. The number of aliphatic hydroxyl groups excluding tert-OH is 1. The van der Waals surface area contributed by atoms with Crippen LogP contribution >= 0.6 is 11.6 Å². The lowest BCUT2D eigenvalue weighted by Crippen LogP contribution is -2.16. The fraction of sp³-hybridized carbons (Fsp3) is 0.500. The quantitative estimate of drug-likeness (QED) is 0.835. The molecule has 0 amide bonds. The predicted molar refractivity (Wildman–Crippen MR) is 71.8 cm³/mol. The summed E-state index contributed by atoms with van der Waals surface area (Å²) < 4.78 is 28.2. The van der Waals surface area contributed by atoms with Gasteiger partial charge < -0.3 is 9.84 Å². The molecule has 6 heteroatoms. The second-order valence-corrected chi connectivity index (χ2v) is 6.63. The lowest BCUT2D eigenvalue weighted by Gasteiger charge is -2.09. The molecule has 0 aromatic heterocycles. The minimum Gasteiger partial charge on any atom is -0.491 e. The first-order valence-electron chi connectivity index (χ1n) is 5.71. The number of hydrogen-bond acceptors (Lipinski definition) is 4. The summed E-state index contributed by atoms with van der Waals surface area (Å²) in [6.45, 7) is 1.81. The van der Waals surface area contributed by atoms with E-state index in [4.69, 9.17) is 21.4 Å². The molecule has 4 nitrogen and oxygen atoms in total. The maximum Gasteiger partial charge on any atom is 0.153 e. The Kier molecular flexibility index (Phi) is 5.91. The Morgan fingerprint density at radius 1 is 1.33 bits per heavy atom. The summed E-state index contributed by atoms with van der Waals surface area (Å²) >= 11 is 5.93. The zero-order valence-corrected chi connectivity index (χ0v) is 11.8. The minimum atomic E-state index is -3.04. The first kappa shape index (κ1) is 15.3. The van der Waals surface area contributed by atoms with Crippen LogP contribution in [0.25, 0.3) is 0 Å². The van der Waals surface area contributed by atoms with Gasteiger partial charge in [0.05, 0.1) is 23.1 Å². The minimum absolute atomic E-state index is 0.0150. The van der Waals surface area contributed by atoms with Gasteiger partial charge in [-0.25, -0.2) is 8.42 Å². The first-order chi connectivity index (χ1) is 8.48. The Morgan fingerprint density at radius 2 is 2.06 bits per heavy atom. The molecule has 0 radical (unpaired) electrons. The summed E-state index contributed by atoms with van der Waals surface area (Å²) in [5.74, 6) is 0.590. The molecule has 0 bridgehead atoms. The molecule has 0 fully saturated rings. The molecule has 0 aliphatic heterocycles. The van der Waals surface area contributed by atoms with Crippen molar-refractivity contribution in [2.45, 2.75) is 20.0 Å². The normalized spacial score (nSPS) is 11.5. The number of aliphatic hydroxyl groups is 1. The second kappa shape index (κ2) is 6.97. The highest BCUT2D eigenvalue weighted by Crippen LogP contribution is 2.25. The molecule has 1 aromatic carbocycles. The van der Waals surface area contributed by atoms with E-state index >= 15 is 0 Å². The van der Waals surface area contributed by atoms with Gasteiger partial charge >= 0.3 is 0 Å². The third-order valence-electron chi connectivity index (χ3n) is 2.35. The van der Waals surface area contributed by atoms with Crippen LogP contribution in [0, 0.1) is 0 Å². The van der Waals surface area contributed by atoms with E-state index in [1.54, 1.807) is 18.2 Å². The average molecular weight is 293 g/mol. The van der Waals surface area contributed by atoms with Crippen LogP contribution in [0.5, 0.6) is 5.75 Å².